The number of nitrogens with one attached hydrogen (secondary N) is 1. The van der Waals surface area contributed by atoms with Gasteiger partial charge in [0, 0.05) is 0 Å². The van der Waals surface area contributed by atoms with Gasteiger partial charge in [0.1, 0.15) is 0 Å². The highest BCUT2D eigenvalue weighted by Crippen LogP contribution is 2.32. The zero-order valence-corrected chi connectivity index (χ0v) is 13.5. The topological polar surface area (TPSA) is 64.6 Å². The minimum absolute atomic E-state index is 0.272. The quantitative estimate of drug-likeness (QED) is 0.679. The lowest BCUT2D eigenvalue weighted by molar-refractivity contribution is -0.143. The van der Waals surface area contributed by atoms with Gasteiger partial charge in [-0.15, -0.1) is 0 Å². The lowest BCUT2D eigenvalue weighted by Crippen LogP contribution is -2.26. The molecule has 0 heterocycles. The molecule has 0 aliphatic heterocycles. The van der Waals surface area contributed by atoms with Crippen LogP contribution in [0.4, 0.5) is 10.5 Å². The number of anilines is 1. The van der Waals surface area contributed by atoms with Gasteiger partial charge in [0.15, 0.2) is 5.75 Å². The molecule has 0 spiro atoms. The summed E-state index contributed by atoms with van der Waals surface area (Å²) in [6.45, 7) is 11.1. The molecule has 0 radical (unpaired) electrons. The van der Waals surface area contributed by atoms with Gasteiger partial charge in [0.2, 0.25) is 0 Å². The number of carbonyl (C=O) groups excluding carboxylic acids is 2. The normalized spacial score (nSPS) is 11.0. The zero-order valence-electron chi connectivity index (χ0n) is 13.5. The number of ether oxygens (including phenoxy) is 2. The van der Waals surface area contributed by atoms with Crippen molar-refractivity contribution >= 4 is 17.7 Å². The second-order valence-corrected chi connectivity index (χ2v) is 5.94. The molecule has 0 bridgehead atoms. The van der Waals surface area contributed by atoms with Gasteiger partial charge in [-0.3, -0.25) is 10.1 Å². The van der Waals surface area contributed by atoms with Crippen LogP contribution in [0.15, 0.2) is 12.1 Å². The van der Waals surface area contributed by atoms with E-state index in [0.29, 0.717) is 11.4 Å². The molecule has 0 saturated carbocycles. The first-order chi connectivity index (χ1) is 9.65. The summed E-state index contributed by atoms with van der Waals surface area (Å²) in [7, 11) is 0. The van der Waals surface area contributed by atoms with E-state index < -0.39 is 11.5 Å². The molecule has 1 aromatic rings. The van der Waals surface area contributed by atoms with E-state index in [1.165, 1.54) is 0 Å². The average Bonchev–Trinajstić information content (AvgIpc) is 2.32. The Kier molecular flexibility index (Phi) is 5.35. The predicted molar refractivity (Wildman–Crippen MR) is 81.7 cm³/mol. The Morgan fingerprint density at radius 2 is 1.81 bits per heavy atom. The fourth-order valence-corrected chi connectivity index (χ4v) is 1.71. The standard InChI is InChI=1S/C16H23NO4/c1-7-20-15(19)17-12-9-10(2)8-11(3)13(12)21-14(18)16(4,5)6/h8-9H,7H2,1-6H3,(H,17,19). The second-order valence-electron chi connectivity index (χ2n) is 5.94. The zero-order chi connectivity index (χ0) is 16.2. The Morgan fingerprint density at radius 1 is 1.19 bits per heavy atom. The highest BCUT2D eigenvalue weighted by Gasteiger charge is 2.26. The van der Waals surface area contributed by atoms with E-state index in [-0.39, 0.29) is 12.6 Å². The van der Waals surface area contributed by atoms with Crippen molar-refractivity contribution < 1.29 is 19.1 Å². The summed E-state index contributed by atoms with van der Waals surface area (Å²) in [5.74, 6) is -0.00469. The van der Waals surface area contributed by atoms with Crippen LogP contribution in [0.5, 0.6) is 5.75 Å². The molecule has 0 aliphatic carbocycles. The minimum atomic E-state index is -0.626. The van der Waals surface area contributed by atoms with Crippen molar-refractivity contribution in [2.24, 2.45) is 5.41 Å². The summed E-state index contributed by atoms with van der Waals surface area (Å²) in [5.41, 5.74) is 1.54. The van der Waals surface area contributed by atoms with Gasteiger partial charge in [0.05, 0.1) is 17.7 Å². The summed E-state index contributed by atoms with van der Waals surface area (Å²) >= 11 is 0. The molecule has 21 heavy (non-hydrogen) atoms. The fraction of sp³-hybridized carbons (Fsp3) is 0.500. The summed E-state index contributed by atoms with van der Waals surface area (Å²) < 4.78 is 10.3. The Labute approximate surface area is 125 Å². The third kappa shape index (κ3) is 4.77. The van der Waals surface area contributed by atoms with Crippen molar-refractivity contribution in [2.45, 2.75) is 41.5 Å². The molecule has 1 aromatic carbocycles. The first-order valence-corrected chi connectivity index (χ1v) is 6.92. The SMILES string of the molecule is CCOC(=O)Nc1cc(C)cc(C)c1OC(=O)C(C)(C)C. The summed E-state index contributed by atoms with van der Waals surface area (Å²) in [6, 6.07) is 3.64. The molecule has 0 aliphatic rings. The van der Waals surface area contributed by atoms with Crippen molar-refractivity contribution in [3.63, 3.8) is 0 Å². The maximum atomic E-state index is 12.1. The summed E-state index contributed by atoms with van der Waals surface area (Å²) in [6.07, 6.45) is -0.574. The Morgan fingerprint density at radius 3 is 2.33 bits per heavy atom. The van der Waals surface area contributed by atoms with Crippen LogP contribution in [0.2, 0.25) is 0 Å². The largest absolute Gasteiger partial charge is 0.450 e. The maximum absolute atomic E-state index is 12.1. The van der Waals surface area contributed by atoms with Gasteiger partial charge in [-0.25, -0.2) is 4.79 Å². The molecule has 5 nitrogen and oxygen atoms in total. The Balaban J connectivity index is 3.12. The monoisotopic (exact) mass is 293 g/mol. The van der Waals surface area contributed by atoms with Gasteiger partial charge < -0.3 is 9.47 Å². The molecule has 1 amide bonds. The first-order valence-electron chi connectivity index (χ1n) is 6.92. The molecule has 0 atom stereocenters. The number of esters is 1. The molecule has 0 aromatic heterocycles. The Bertz CT molecular complexity index is 544. The van der Waals surface area contributed by atoms with E-state index in [9.17, 15) is 9.59 Å². The van der Waals surface area contributed by atoms with E-state index >= 15 is 0 Å². The van der Waals surface area contributed by atoms with Gasteiger partial charge in [-0.2, -0.15) is 0 Å². The highest BCUT2D eigenvalue weighted by atomic mass is 16.6. The number of carbonyl (C=O) groups is 2. The second kappa shape index (κ2) is 6.61. The number of hydrogen-bond donors (Lipinski definition) is 1. The number of amides is 1. The van der Waals surface area contributed by atoms with Crippen LogP contribution >= 0.6 is 0 Å². The molecule has 0 fully saturated rings. The number of rotatable bonds is 3. The van der Waals surface area contributed by atoms with Crippen LogP contribution < -0.4 is 10.1 Å². The lowest BCUT2D eigenvalue weighted by Gasteiger charge is -2.20. The molecular weight excluding hydrogens is 270 g/mol. The van der Waals surface area contributed by atoms with Crippen LogP contribution in [0, 0.1) is 19.3 Å². The highest BCUT2D eigenvalue weighted by molar-refractivity contribution is 5.89. The lowest BCUT2D eigenvalue weighted by atomic mass is 9.97. The van der Waals surface area contributed by atoms with Crippen molar-refractivity contribution in [1.82, 2.24) is 0 Å². The number of aryl methyl sites for hydroxylation is 2. The number of benzene rings is 1. The molecule has 0 saturated heterocycles. The van der Waals surface area contributed by atoms with Crippen molar-refractivity contribution in [3.8, 4) is 5.75 Å². The smallest absolute Gasteiger partial charge is 0.411 e. The third-order valence-corrected chi connectivity index (χ3v) is 2.74. The molecule has 0 unspecified atom stereocenters. The van der Waals surface area contributed by atoms with Crippen LogP contribution in [-0.2, 0) is 9.53 Å². The third-order valence-electron chi connectivity index (χ3n) is 2.74. The van der Waals surface area contributed by atoms with Crippen LogP contribution in [0.25, 0.3) is 0 Å². The van der Waals surface area contributed by atoms with Crippen LogP contribution in [0.1, 0.15) is 38.8 Å². The van der Waals surface area contributed by atoms with Gasteiger partial charge in [0.25, 0.3) is 0 Å². The van der Waals surface area contributed by atoms with Gasteiger partial charge >= 0.3 is 12.1 Å². The Hall–Kier alpha value is -2.04. The van der Waals surface area contributed by atoms with E-state index in [1.54, 1.807) is 33.8 Å². The first kappa shape index (κ1) is 17.0. The summed E-state index contributed by atoms with van der Waals surface area (Å²) in [5, 5.41) is 2.61. The van der Waals surface area contributed by atoms with Gasteiger partial charge in [-0.1, -0.05) is 6.07 Å². The van der Waals surface area contributed by atoms with Crippen LogP contribution in [0.3, 0.4) is 0 Å². The molecule has 5 heteroatoms. The van der Waals surface area contributed by atoms with Crippen molar-refractivity contribution in [1.29, 1.82) is 0 Å². The van der Waals surface area contributed by atoms with E-state index in [4.69, 9.17) is 9.47 Å². The fourth-order valence-electron chi connectivity index (χ4n) is 1.71. The van der Waals surface area contributed by atoms with E-state index in [2.05, 4.69) is 5.32 Å². The summed E-state index contributed by atoms with van der Waals surface area (Å²) in [4.78, 5) is 23.7. The molecule has 1 rings (SSSR count). The van der Waals surface area contributed by atoms with Crippen LogP contribution in [-0.4, -0.2) is 18.7 Å². The average molecular weight is 293 g/mol. The minimum Gasteiger partial charge on any atom is -0.450 e. The van der Waals surface area contributed by atoms with Gasteiger partial charge in [-0.05, 0) is 58.7 Å². The van der Waals surface area contributed by atoms with E-state index in [1.807, 2.05) is 19.9 Å². The molecular formula is C16H23NO4. The molecule has 1 N–H and O–H groups in total. The van der Waals surface area contributed by atoms with Crippen molar-refractivity contribution in [2.75, 3.05) is 11.9 Å². The maximum Gasteiger partial charge on any atom is 0.411 e. The van der Waals surface area contributed by atoms with E-state index in [0.717, 1.165) is 11.1 Å². The number of hydrogen-bond acceptors (Lipinski definition) is 4. The molecule has 116 valence electrons. The van der Waals surface area contributed by atoms with Crippen molar-refractivity contribution in [3.05, 3.63) is 23.3 Å². The predicted octanol–water partition coefficient (Wildman–Crippen LogP) is 3.82.